The molecule has 0 spiro atoms. The largest absolute Gasteiger partial charge is 0.495 e. The van der Waals surface area contributed by atoms with Gasteiger partial charge in [0.25, 0.3) is 5.69 Å². The van der Waals surface area contributed by atoms with E-state index in [4.69, 9.17) is 4.74 Å². The fourth-order valence-electron chi connectivity index (χ4n) is 2.88. The number of methoxy groups -OCH3 is 1. The number of benzene rings is 2. The number of nitro groups is 1. The zero-order valence-electron chi connectivity index (χ0n) is 13.8. The van der Waals surface area contributed by atoms with E-state index in [-0.39, 0.29) is 17.3 Å². The Morgan fingerprint density at radius 1 is 1.24 bits per heavy atom. The third kappa shape index (κ3) is 4.11. The summed E-state index contributed by atoms with van der Waals surface area (Å²) in [7, 11) is 1.45. The van der Waals surface area contributed by atoms with Crippen LogP contribution in [-0.4, -0.2) is 23.7 Å². The van der Waals surface area contributed by atoms with Gasteiger partial charge in [-0.1, -0.05) is 6.07 Å². The number of fused-ring (bicyclic) bond motifs is 1. The van der Waals surface area contributed by atoms with Gasteiger partial charge in [0.05, 0.1) is 23.5 Å². The number of rotatable bonds is 6. The maximum atomic E-state index is 12.2. The lowest BCUT2D eigenvalue weighted by Crippen LogP contribution is -2.14. The van der Waals surface area contributed by atoms with E-state index >= 15 is 0 Å². The minimum Gasteiger partial charge on any atom is -0.495 e. The van der Waals surface area contributed by atoms with Crippen LogP contribution >= 0.6 is 11.8 Å². The predicted octanol–water partition coefficient (Wildman–Crippen LogP) is 3.82. The molecule has 0 aliphatic heterocycles. The quantitative estimate of drug-likeness (QED) is 0.482. The number of amides is 1. The van der Waals surface area contributed by atoms with E-state index in [1.807, 2.05) is 6.07 Å². The summed E-state index contributed by atoms with van der Waals surface area (Å²) in [6.45, 7) is 0. The van der Waals surface area contributed by atoms with Crippen LogP contribution < -0.4 is 10.1 Å². The van der Waals surface area contributed by atoms with Gasteiger partial charge in [0.15, 0.2) is 0 Å². The average Bonchev–Trinajstić information content (AvgIpc) is 3.07. The summed E-state index contributed by atoms with van der Waals surface area (Å²) in [5.41, 5.74) is 2.97. The van der Waals surface area contributed by atoms with Crippen molar-refractivity contribution in [3.8, 4) is 5.75 Å². The third-order valence-corrected chi connectivity index (χ3v) is 5.10. The van der Waals surface area contributed by atoms with Crippen molar-refractivity contribution in [2.75, 3.05) is 18.2 Å². The Bertz CT molecular complexity index is 823. The number of aryl methyl sites for hydroxylation is 2. The highest BCUT2D eigenvalue weighted by molar-refractivity contribution is 8.00. The topological polar surface area (TPSA) is 81.5 Å². The van der Waals surface area contributed by atoms with Gasteiger partial charge >= 0.3 is 0 Å². The molecule has 1 amide bonds. The average molecular weight is 358 g/mol. The van der Waals surface area contributed by atoms with Crippen molar-refractivity contribution in [2.45, 2.75) is 24.2 Å². The molecule has 1 N–H and O–H groups in total. The lowest BCUT2D eigenvalue weighted by molar-refractivity contribution is -0.384. The number of hydrogen-bond acceptors (Lipinski definition) is 5. The number of non-ortho nitro benzene ring substituents is 1. The second kappa shape index (κ2) is 7.57. The molecule has 0 saturated heterocycles. The lowest BCUT2D eigenvalue weighted by Gasteiger charge is -2.10. The molecule has 0 heterocycles. The normalized spacial score (nSPS) is 12.5. The first-order chi connectivity index (χ1) is 12.1. The molecule has 0 fully saturated rings. The van der Waals surface area contributed by atoms with Gasteiger partial charge in [0, 0.05) is 17.0 Å². The van der Waals surface area contributed by atoms with Crippen molar-refractivity contribution >= 4 is 29.0 Å². The summed E-state index contributed by atoms with van der Waals surface area (Å²) in [5, 5.41) is 13.6. The van der Waals surface area contributed by atoms with Crippen LogP contribution in [0.3, 0.4) is 0 Å². The van der Waals surface area contributed by atoms with E-state index in [1.54, 1.807) is 0 Å². The second-order valence-electron chi connectivity index (χ2n) is 5.76. The zero-order valence-corrected chi connectivity index (χ0v) is 14.6. The fraction of sp³-hybridized carbons (Fsp3) is 0.278. The third-order valence-electron chi connectivity index (χ3n) is 4.11. The number of anilines is 1. The van der Waals surface area contributed by atoms with Crippen LogP contribution in [0.4, 0.5) is 11.4 Å². The first kappa shape index (κ1) is 17.3. The van der Waals surface area contributed by atoms with Gasteiger partial charge in [-0.25, -0.2) is 0 Å². The highest BCUT2D eigenvalue weighted by Crippen LogP contribution is 2.30. The number of nitrogens with one attached hydrogen (secondary N) is 1. The summed E-state index contributed by atoms with van der Waals surface area (Å²) in [4.78, 5) is 23.7. The van der Waals surface area contributed by atoms with Gasteiger partial charge in [0.1, 0.15) is 5.75 Å². The molecule has 0 saturated carbocycles. The van der Waals surface area contributed by atoms with Crippen molar-refractivity contribution in [1.82, 2.24) is 0 Å². The van der Waals surface area contributed by atoms with E-state index in [9.17, 15) is 14.9 Å². The summed E-state index contributed by atoms with van der Waals surface area (Å²) in [5.74, 6) is 0.385. The van der Waals surface area contributed by atoms with Crippen LogP contribution in [0.15, 0.2) is 41.3 Å². The summed E-state index contributed by atoms with van der Waals surface area (Å²) >= 11 is 1.45. The Morgan fingerprint density at radius 2 is 2.04 bits per heavy atom. The molecule has 25 heavy (non-hydrogen) atoms. The van der Waals surface area contributed by atoms with Gasteiger partial charge < -0.3 is 10.1 Å². The van der Waals surface area contributed by atoms with Crippen LogP contribution in [0, 0.1) is 10.1 Å². The van der Waals surface area contributed by atoms with Gasteiger partial charge in [-0.15, -0.1) is 11.8 Å². The molecule has 0 atom stereocenters. The number of carbonyl (C=O) groups excluding carboxylic acids is 1. The molecular formula is C18H18N2O4S. The standard InChI is InChI=1S/C18H18N2O4S/c1-24-17-8-6-14(20(22)23)10-16(17)19-18(21)11-25-15-7-5-12-3-2-4-13(12)9-15/h5-10H,2-4,11H2,1H3,(H,19,21). The predicted molar refractivity (Wildman–Crippen MR) is 97.5 cm³/mol. The summed E-state index contributed by atoms with van der Waals surface area (Å²) in [6, 6.07) is 10.4. The molecule has 2 aromatic carbocycles. The van der Waals surface area contributed by atoms with E-state index in [0.29, 0.717) is 11.4 Å². The highest BCUT2D eigenvalue weighted by Gasteiger charge is 2.15. The molecule has 1 aliphatic carbocycles. The van der Waals surface area contributed by atoms with Crippen LogP contribution in [0.1, 0.15) is 17.5 Å². The first-order valence-electron chi connectivity index (χ1n) is 7.93. The molecular weight excluding hydrogens is 340 g/mol. The smallest absolute Gasteiger partial charge is 0.271 e. The number of ether oxygens (including phenoxy) is 1. The Balaban J connectivity index is 1.64. The van der Waals surface area contributed by atoms with Crippen molar-refractivity contribution in [2.24, 2.45) is 0 Å². The summed E-state index contributed by atoms with van der Waals surface area (Å²) in [6.07, 6.45) is 3.42. The van der Waals surface area contributed by atoms with Crippen molar-refractivity contribution in [1.29, 1.82) is 0 Å². The summed E-state index contributed by atoms with van der Waals surface area (Å²) < 4.78 is 5.15. The molecule has 7 heteroatoms. The fourth-order valence-corrected chi connectivity index (χ4v) is 3.64. The van der Waals surface area contributed by atoms with E-state index in [1.165, 1.54) is 54.6 Å². The van der Waals surface area contributed by atoms with Crippen molar-refractivity contribution in [3.63, 3.8) is 0 Å². The second-order valence-corrected chi connectivity index (χ2v) is 6.81. The van der Waals surface area contributed by atoms with Crippen molar-refractivity contribution in [3.05, 3.63) is 57.6 Å². The Labute approximate surface area is 149 Å². The zero-order chi connectivity index (χ0) is 17.8. The number of nitro benzene ring substituents is 1. The van der Waals surface area contributed by atoms with E-state index < -0.39 is 4.92 Å². The highest BCUT2D eigenvalue weighted by atomic mass is 32.2. The van der Waals surface area contributed by atoms with Crippen LogP contribution in [0.25, 0.3) is 0 Å². The number of hydrogen-bond donors (Lipinski definition) is 1. The number of thioether (sulfide) groups is 1. The van der Waals surface area contributed by atoms with E-state index in [2.05, 4.69) is 17.4 Å². The molecule has 0 bridgehead atoms. The lowest BCUT2D eigenvalue weighted by atomic mass is 10.1. The minimum absolute atomic E-state index is 0.0950. The molecule has 6 nitrogen and oxygen atoms in total. The molecule has 2 aromatic rings. The minimum atomic E-state index is -0.506. The molecule has 0 unspecified atom stereocenters. The maximum Gasteiger partial charge on any atom is 0.271 e. The van der Waals surface area contributed by atoms with Gasteiger partial charge in [-0.3, -0.25) is 14.9 Å². The van der Waals surface area contributed by atoms with Crippen LogP contribution in [-0.2, 0) is 17.6 Å². The Kier molecular flexibility index (Phi) is 5.23. The molecule has 0 radical (unpaired) electrons. The van der Waals surface area contributed by atoms with Crippen LogP contribution in [0.5, 0.6) is 5.75 Å². The molecule has 0 aromatic heterocycles. The van der Waals surface area contributed by atoms with Crippen molar-refractivity contribution < 1.29 is 14.5 Å². The first-order valence-corrected chi connectivity index (χ1v) is 8.92. The molecule has 3 rings (SSSR count). The van der Waals surface area contributed by atoms with Gasteiger partial charge in [-0.2, -0.15) is 0 Å². The van der Waals surface area contributed by atoms with Gasteiger partial charge in [0.2, 0.25) is 5.91 Å². The van der Waals surface area contributed by atoms with E-state index in [0.717, 1.165) is 17.7 Å². The Hall–Kier alpha value is -2.54. The molecule has 130 valence electrons. The van der Waals surface area contributed by atoms with Gasteiger partial charge in [-0.05, 0) is 48.6 Å². The van der Waals surface area contributed by atoms with Crippen LogP contribution in [0.2, 0.25) is 0 Å². The number of nitrogens with zero attached hydrogens (tertiary/aromatic N) is 1. The monoisotopic (exact) mass is 358 g/mol. The SMILES string of the molecule is COc1ccc([N+](=O)[O-])cc1NC(=O)CSc1ccc2c(c1)CCC2. The maximum absolute atomic E-state index is 12.2. The molecule has 1 aliphatic rings. The number of carbonyl (C=O) groups is 1. The Morgan fingerprint density at radius 3 is 2.80 bits per heavy atom.